The first-order chi connectivity index (χ1) is 9.60. The molecule has 0 fully saturated rings. The lowest BCUT2D eigenvalue weighted by atomic mass is 10.2. The molecule has 3 aromatic rings. The van der Waals surface area contributed by atoms with E-state index >= 15 is 0 Å². The van der Waals surface area contributed by atoms with Gasteiger partial charge in [0.05, 0.1) is 10.0 Å². The number of furan rings is 1. The molecule has 3 rings (SSSR count). The number of nitrogens with zero attached hydrogens (tertiary/aromatic N) is 1. The lowest BCUT2D eigenvalue weighted by Gasteiger charge is -2.06. The second-order valence-electron chi connectivity index (χ2n) is 4.17. The molecule has 0 spiro atoms. The molecule has 0 aliphatic heterocycles. The molecule has 1 N–H and O–H groups in total. The number of rotatable bonds is 2. The molecule has 0 radical (unpaired) electrons. The van der Waals surface area contributed by atoms with Crippen molar-refractivity contribution in [3.05, 3.63) is 46.2 Å². The van der Waals surface area contributed by atoms with Crippen LogP contribution in [0.4, 0.5) is 10.2 Å². The highest BCUT2D eigenvalue weighted by Crippen LogP contribution is 2.35. The minimum atomic E-state index is -0.423. The van der Waals surface area contributed by atoms with E-state index in [2.05, 4.69) is 10.3 Å². The van der Waals surface area contributed by atoms with Crippen molar-refractivity contribution >= 4 is 40.0 Å². The van der Waals surface area contributed by atoms with Crippen LogP contribution in [-0.4, -0.2) is 12.0 Å². The van der Waals surface area contributed by atoms with E-state index < -0.39 is 5.82 Å². The van der Waals surface area contributed by atoms with Gasteiger partial charge in [-0.25, -0.2) is 9.37 Å². The van der Waals surface area contributed by atoms with Crippen molar-refractivity contribution in [2.24, 2.45) is 0 Å². The molecule has 1 aromatic carbocycles. The first-order valence-electron chi connectivity index (χ1n) is 5.82. The summed E-state index contributed by atoms with van der Waals surface area (Å²) in [6.07, 6.45) is 0. The van der Waals surface area contributed by atoms with Crippen molar-refractivity contribution in [2.45, 2.75) is 0 Å². The molecule has 0 unspecified atom stereocenters. The van der Waals surface area contributed by atoms with Crippen LogP contribution >= 0.6 is 23.2 Å². The maximum absolute atomic E-state index is 13.6. The molecule has 2 heterocycles. The minimum absolute atomic E-state index is 0.182. The van der Waals surface area contributed by atoms with Crippen LogP contribution in [0.5, 0.6) is 0 Å². The van der Waals surface area contributed by atoms with Crippen molar-refractivity contribution in [2.75, 3.05) is 12.4 Å². The van der Waals surface area contributed by atoms with Crippen molar-refractivity contribution < 1.29 is 8.81 Å². The SMILES string of the molecule is CNc1nc(-c2cc3cccc(F)c3o2)c(Cl)cc1Cl. The van der Waals surface area contributed by atoms with E-state index in [1.807, 2.05) is 0 Å². The number of hydrogen-bond acceptors (Lipinski definition) is 3. The lowest BCUT2D eigenvalue weighted by Crippen LogP contribution is -1.95. The maximum atomic E-state index is 13.6. The summed E-state index contributed by atoms with van der Waals surface area (Å²) in [7, 11) is 1.70. The van der Waals surface area contributed by atoms with E-state index in [9.17, 15) is 4.39 Å². The van der Waals surface area contributed by atoms with Crippen LogP contribution < -0.4 is 5.32 Å². The van der Waals surface area contributed by atoms with Gasteiger partial charge in [-0.05, 0) is 18.2 Å². The molecule has 0 bridgehead atoms. The highest BCUT2D eigenvalue weighted by molar-refractivity contribution is 6.37. The van der Waals surface area contributed by atoms with Crippen LogP contribution in [0.2, 0.25) is 10.0 Å². The van der Waals surface area contributed by atoms with E-state index in [0.29, 0.717) is 32.7 Å². The van der Waals surface area contributed by atoms with Gasteiger partial charge in [0.1, 0.15) is 11.5 Å². The molecular weight excluding hydrogens is 302 g/mol. The summed E-state index contributed by atoms with van der Waals surface area (Å²) in [5.74, 6) is 0.447. The normalized spacial score (nSPS) is 11.0. The molecule has 20 heavy (non-hydrogen) atoms. The van der Waals surface area contributed by atoms with Gasteiger partial charge >= 0.3 is 0 Å². The van der Waals surface area contributed by atoms with Crippen molar-refractivity contribution in [3.8, 4) is 11.5 Å². The Morgan fingerprint density at radius 1 is 1.20 bits per heavy atom. The number of benzene rings is 1. The minimum Gasteiger partial charge on any atom is -0.451 e. The second-order valence-corrected chi connectivity index (χ2v) is 4.98. The predicted octanol–water partition coefficient (Wildman–Crippen LogP) is 4.98. The van der Waals surface area contributed by atoms with Gasteiger partial charge in [-0.3, -0.25) is 0 Å². The lowest BCUT2D eigenvalue weighted by molar-refractivity contribution is 0.567. The molecule has 0 aliphatic rings. The fourth-order valence-corrected chi connectivity index (χ4v) is 2.51. The molecule has 0 amide bonds. The van der Waals surface area contributed by atoms with Crippen LogP contribution in [-0.2, 0) is 0 Å². The molecule has 102 valence electrons. The number of fused-ring (bicyclic) bond motifs is 1. The van der Waals surface area contributed by atoms with Gasteiger partial charge in [-0.15, -0.1) is 0 Å². The fourth-order valence-electron chi connectivity index (χ4n) is 1.96. The van der Waals surface area contributed by atoms with E-state index in [1.165, 1.54) is 6.07 Å². The van der Waals surface area contributed by atoms with E-state index in [-0.39, 0.29) is 5.58 Å². The average Bonchev–Trinajstić information content (AvgIpc) is 2.84. The van der Waals surface area contributed by atoms with Crippen LogP contribution in [0.25, 0.3) is 22.4 Å². The Balaban J connectivity index is 2.22. The third kappa shape index (κ3) is 2.11. The zero-order chi connectivity index (χ0) is 14.3. The van der Waals surface area contributed by atoms with Crippen LogP contribution in [0.1, 0.15) is 0 Å². The average molecular weight is 311 g/mol. The number of anilines is 1. The Morgan fingerprint density at radius 3 is 2.70 bits per heavy atom. The monoisotopic (exact) mass is 310 g/mol. The van der Waals surface area contributed by atoms with Gasteiger partial charge in [-0.2, -0.15) is 0 Å². The third-order valence-corrected chi connectivity index (χ3v) is 3.47. The van der Waals surface area contributed by atoms with E-state index in [1.54, 1.807) is 31.3 Å². The first kappa shape index (κ1) is 13.2. The molecule has 0 saturated carbocycles. The summed E-state index contributed by atoms with van der Waals surface area (Å²) in [4.78, 5) is 4.29. The number of halogens is 3. The number of pyridine rings is 1. The number of aromatic nitrogens is 1. The Kier molecular flexibility index (Phi) is 3.28. The zero-order valence-corrected chi connectivity index (χ0v) is 11.9. The van der Waals surface area contributed by atoms with Crippen LogP contribution in [0.3, 0.4) is 0 Å². The van der Waals surface area contributed by atoms with Gasteiger partial charge in [0.2, 0.25) is 0 Å². The van der Waals surface area contributed by atoms with Crippen molar-refractivity contribution in [1.29, 1.82) is 0 Å². The van der Waals surface area contributed by atoms with Crippen molar-refractivity contribution in [1.82, 2.24) is 4.98 Å². The standard InChI is InChI=1S/C14H9Cl2FN2O/c1-18-14-9(16)6-8(15)12(19-14)11-5-7-3-2-4-10(17)13(7)20-11/h2-6H,1H3,(H,18,19). The van der Waals surface area contributed by atoms with Crippen LogP contribution in [0.15, 0.2) is 34.7 Å². The summed E-state index contributed by atoms with van der Waals surface area (Å²) in [6.45, 7) is 0. The smallest absolute Gasteiger partial charge is 0.170 e. The number of para-hydroxylation sites is 1. The van der Waals surface area contributed by atoms with Gasteiger partial charge in [0.25, 0.3) is 0 Å². The van der Waals surface area contributed by atoms with E-state index in [0.717, 1.165) is 0 Å². The predicted molar refractivity (Wildman–Crippen MR) is 79.0 cm³/mol. The van der Waals surface area contributed by atoms with Gasteiger partial charge in [0.15, 0.2) is 17.2 Å². The summed E-state index contributed by atoms with van der Waals surface area (Å²) >= 11 is 12.1. The topological polar surface area (TPSA) is 38.1 Å². The Bertz CT molecular complexity index is 801. The molecule has 0 saturated heterocycles. The summed E-state index contributed by atoms with van der Waals surface area (Å²) < 4.78 is 19.2. The number of nitrogens with one attached hydrogen (secondary N) is 1. The number of hydrogen-bond donors (Lipinski definition) is 1. The Labute approximate surface area is 124 Å². The summed E-state index contributed by atoms with van der Waals surface area (Å²) in [5, 5.41) is 4.26. The quantitative estimate of drug-likeness (QED) is 0.725. The van der Waals surface area contributed by atoms with Crippen molar-refractivity contribution in [3.63, 3.8) is 0 Å². The molecule has 2 aromatic heterocycles. The largest absolute Gasteiger partial charge is 0.451 e. The Morgan fingerprint density at radius 2 is 2.00 bits per heavy atom. The van der Waals surface area contributed by atoms with E-state index in [4.69, 9.17) is 27.6 Å². The maximum Gasteiger partial charge on any atom is 0.170 e. The Hall–Kier alpha value is -1.78. The molecule has 3 nitrogen and oxygen atoms in total. The zero-order valence-electron chi connectivity index (χ0n) is 10.4. The second kappa shape index (κ2) is 4.96. The van der Waals surface area contributed by atoms with Gasteiger partial charge in [-0.1, -0.05) is 35.3 Å². The first-order valence-corrected chi connectivity index (χ1v) is 6.58. The summed E-state index contributed by atoms with van der Waals surface area (Å²) in [6, 6.07) is 7.98. The highest BCUT2D eigenvalue weighted by Gasteiger charge is 2.16. The third-order valence-electron chi connectivity index (χ3n) is 2.90. The fraction of sp³-hybridized carbons (Fsp3) is 0.0714. The van der Waals surface area contributed by atoms with Gasteiger partial charge in [0, 0.05) is 12.4 Å². The molecular formula is C14H9Cl2FN2O. The summed E-state index contributed by atoms with van der Waals surface area (Å²) in [5.41, 5.74) is 0.595. The molecule has 0 atom stereocenters. The van der Waals surface area contributed by atoms with Gasteiger partial charge < -0.3 is 9.73 Å². The molecule has 6 heteroatoms. The highest BCUT2D eigenvalue weighted by atomic mass is 35.5. The molecule has 0 aliphatic carbocycles. The van der Waals surface area contributed by atoms with Crippen LogP contribution in [0, 0.1) is 5.82 Å².